The molecule has 6 nitrogen and oxygen atoms in total. The number of imidazole rings is 1. The Morgan fingerprint density at radius 2 is 2.00 bits per heavy atom. The number of hydrogen-bond acceptors (Lipinski definition) is 4. The van der Waals surface area contributed by atoms with Gasteiger partial charge >= 0.3 is 0 Å². The maximum atomic E-state index is 4.98. The van der Waals surface area contributed by atoms with Gasteiger partial charge in [-0.2, -0.15) is 11.8 Å². The van der Waals surface area contributed by atoms with E-state index in [1.54, 1.807) is 0 Å². The number of aromatic nitrogens is 2. The quantitative estimate of drug-likeness (QED) is 0.586. The van der Waals surface area contributed by atoms with Gasteiger partial charge in [0.2, 0.25) is 0 Å². The van der Waals surface area contributed by atoms with Crippen molar-refractivity contribution in [3.05, 3.63) is 48.5 Å². The number of guanidine groups is 1. The molecular weight excluding hydrogens is 392 g/mol. The van der Waals surface area contributed by atoms with Gasteiger partial charge in [0.05, 0.1) is 18.9 Å². The molecule has 0 amide bonds. The molecule has 1 aromatic heterocycles. The average Bonchev–Trinajstić information content (AvgIpc) is 3.33. The van der Waals surface area contributed by atoms with Crippen molar-refractivity contribution in [3.63, 3.8) is 0 Å². The third kappa shape index (κ3) is 5.12. The maximum absolute atomic E-state index is 4.98. The summed E-state index contributed by atoms with van der Waals surface area (Å²) in [6.07, 6.45) is 7.06. The zero-order chi connectivity index (χ0) is 20.8. The van der Waals surface area contributed by atoms with Crippen molar-refractivity contribution in [2.75, 3.05) is 49.1 Å². The van der Waals surface area contributed by atoms with Crippen LogP contribution in [0.1, 0.15) is 31.9 Å². The second kappa shape index (κ2) is 10.2. The normalized spacial score (nSPS) is 22.9. The Kier molecular flexibility index (Phi) is 7.20. The summed E-state index contributed by atoms with van der Waals surface area (Å²) in [6.45, 7) is 10.4. The van der Waals surface area contributed by atoms with Gasteiger partial charge < -0.3 is 19.7 Å². The van der Waals surface area contributed by atoms with Gasteiger partial charge in [0.1, 0.15) is 0 Å². The largest absolute Gasteiger partial charge is 0.370 e. The molecule has 0 bridgehead atoms. The summed E-state index contributed by atoms with van der Waals surface area (Å²) >= 11 is 2.05. The van der Waals surface area contributed by atoms with Crippen molar-refractivity contribution in [1.82, 2.24) is 19.8 Å². The summed E-state index contributed by atoms with van der Waals surface area (Å²) in [6, 6.07) is 9.41. The average molecular weight is 427 g/mol. The van der Waals surface area contributed by atoms with Crippen LogP contribution < -0.4 is 10.2 Å². The Labute approximate surface area is 184 Å². The Hall–Kier alpha value is -2.15. The summed E-state index contributed by atoms with van der Waals surface area (Å²) in [4.78, 5) is 14.1. The molecule has 0 radical (unpaired) electrons. The second-order valence-electron chi connectivity index (χ2n) is 8.23. The van der Waals surface area contributed by atoms with E-state index < -0.39 is 0 Å². The van der Waals surface area contributed by atoms with Crippen LogP contribution in [0.4, 0.5) is 5.69 Å². The van der Waals surface area contributed by atoms with Gasteiger partial charge in [0.15, 0.2) is 5.96 Å². The van der Waals surface area contributed by atoms with E-state index in [2.05, 4.69) is 69.0 Å². The Morgan fingerprint density at radius 3 is 2.70 bits per heavy atom. The van der Waals surface area contributed by atoms with Crippen LogP contribution in [0.3, 0.4) is 0 Å². The van der Waals surface area contributed by atoms with E-state index in [9.17, 15) is 0 Å². The van der Waals surface area contributed by atoms with E-state index >= 15 is 0 Å². The van der Waals surface area contributed by atoms with E-state index in [1.807, 2.05) is 24.3 Å². The number of anilines is 1. The lowest BCUT2D eigenvalue weighted by molar-refractivity contribution is 0.189. The predicted octanol–water partition coefficient (Wildman–Crippen LogP) is 3.48. The Balaban J connectivity index is 1.42. The Bertz CT molecular complexity index is 798. The third-order valence-electron chi connectivity index (χ3n) is 6.18. The number of thioether (sulfide) groups is 1. The highest BCUT2D eigenvalue weighted by Gasteiger charge is 2.28. The first kappa shape index (κ1) is 21.1. The van der Waals surface area contributed by atoms with Crippen LogP contribution in [0.25, 0.3) is 0 Å². The van der Waals surface area contributed by atoms with Gasteiger partial charge in [-0.15, -0.1) is 0 Å². The monoisotopic (exact) mass is 426 g/mol. The fourth-order valence-electron chi connectivity index (χ4n) is 4.32. The number of rotatable bonds is 5. The van der Waals surface area contributed by atoms with Crippen LogP contribution in [-0.2, 0) is 6.54 Å². The molecular formula is C23H34N6S. The lowest BCUT2D eigenvalue weighted by atomic mass is 9.93. The first-order valence-corrected chi connectivity index (χ1v) is 12.3. The summed E-state index contributed by atoms with van der Waals surface area (Å²) < 4.78 is 2.25. The van der Waals surface area contributed by atoms with E-state index in [-0.39, 0.29) is 0 Å². The second-order valence-corrected chi connectivity index (χ2v) is 9.45. The number of aliphatic imine (C=N–C) groups is 1. The molecule has 2 aliphatic rings. The van der Waals surface area contributed by atoms with Gasteiger partial charge in [0, 0.05) is 62.3 Å². The molecule has 3 heterocycles. The van der Waals surface area contributed by atoms with Crippen molar-refractivity contribution < 1.29 is 0 Å². The van der Waals surface area contributed by atoms with Crippen LogP contribution in [-0.4, -0.2) is 64.6 Å². The van der Waals surface area contributed by atoms with Gasteiger partial charge in [-0.25, -0.2) is 9.98 Å². The molecule has 2 fully saturated rings. The highest BCUT2D eigenvalue weighted by molar-refractivity contribution is 7.99. The topological polar surface area (TPSA) is 48.7 Å². The fourth-order valence-corrected chi connectivity index (χ4v) is 5.22. The van der Waals surface area contributed by atoms with E-state index in [0.29, 0.717) is 18.5 Å². The van der Waals surface area contributed by atoms with Crippen LogP contribution in [0.15, 0.2) is 48.0 Å². The van der Waals surface area contributed by atoms with Gasteiger partial charge in [0.25, 0.3) is 0 Å². The summed E-state index contributed by atoms with van der Waals surface area (Å²) in [5.41, 5.74) is 2.60. The molecule has 1 aromatic carbocycles. The zero-order valence-corrected chi connectivity index (χ0v) is 19.0. The fraction of sp³-hybridized carbons (Fsp3) is 0.565. The van der Waals surface area contributed by atoms with Crippen LogP contribution >= 0.6 is 11.8 Å². The number of likely N-dealkylation sites (tertiary alicyclic amines) is 1. The minimum absolute atomic E-state index is 0.437. The van der Waals surface area contributed by atoms with Crippen molar-refractivity contribution in [2.45, 2.75) is 32.9 Å². The SMILES string of the molecule is CCNC(=NCc1ccc(N2CCSCC2)cc1)N1CCC(C)C(n2ccnc2)C1. The maximum Gasteiger partial charge on any atom is 0.194 e. The van der Waals surface area contributed by atoms with E-state index in [1.165, 1.54) is 22.8 Å². The Morgan fingerprint density at radius 1 is 1.20 bits per heavy atom. The molecule has 2 aliphatic heterocycles. The molecule has 30 heavy (non-hydrogen) atoms. The van der Waals surface area contributed by atoms with Crippen LogP contribution in [0.2, 0.25) is 0 Å². The molecule has 0 aliphatic carbocycles. The first-order chi connectivity index (χ1) is 14.7. The number of benzene rings is 1. The third-order valence-corrected chi connectivity index (χ3v) is 7.13. The lowest BCUT2D eigenvalue weighted by Gasteiger charge is -2.39. The molecule has 0 spiro atoms. The summed E-state index contributed by atoms with van der Waals surface area (Å²) in [5.74, 6) is 4.12. The molecule has 7 heteroatoms. The lowest BCUT2D eigenvalue weighted by Crippen LogP contribution is -2.49. The smallest absolute Gasteiger partial charge is 0.194 e. The molecule has 2 aromatic rings. The molecule has 1 N–H and O–H groups in total. The van der Waals surface area contributed by atoms with Crippen LogP contribution in [0.5, 0.6) is 0 Å². The van der Waals surface area contributed by atoms with Crippen molar-refractivity contribution in [1.29, 1.82) is 0 Å². The van der Waals surface area contributed by atoms with Crippen LogP contribution in [0, 0.1) is 5.92 Å². The highest BCUT2D eigenvalue weighted by Crippen LogP contribution is 2.27. The molecule has 162 valence electrons. The molecule has 2 unspecified atom stereocenters. The van der Waals surface area contributed by atoms with Crippen molar-refractivity contribution in [2.24, 2.45) is 10.9 Å². The molecule has 4 rings (SSSR count). The number of nitrogens with one attached hydrogen (secondary N) is 1. The molecule has 2 atom stereocenters. The van der Waals surface area contributed by atoms with E-state index in [0.717, 1.165) is 45.1 Å². The minimum Gasteiger partial charge on any atom is -0.370 e. The van der Waals surface area contributed by atoms with Gasteiger partial charge in [-0.3, -0.25) is 0 Å². The molecule has 0 saturated carbocycles. The highest BCUT2D eigenvalue weighted by atomic mass is 32.2. The first-order valence-electron chi connectivity index (χ1n) is 11.2. The summed E-state index contributed by atoms with van der Waals surface area (Å²) in [7, 11) is 0. The van der Waals surface area contributed by atoms with Gasteiger partial charge in [-0.1, -0.05) is 19.1 Å². The van der Waals surface area contributed by atoms with Gasteiger partial charge in [-0.05, 0) is 37.0 Å². The predicted molar refractivity (Wildman–Crippen MR) is 127 cm³/mol. The standard InChI is InChI=1S/C23H34N6S/c1-3-25-23(28-10-8-19(2)22(17-28)29-11-9-24-18-29)26-16-20-4-6-21(7-5-20)27-12-14-30-15-13-27/h4-7,9,11,18-19,22H,3,8,10,12-17H2,1-2H3,(H,25,26). The number of piperidine rings is 1. The van der Waals surface area contributed by atoms with Crippen molar-refractivity contribution in [3.8, 4) is 0 Å². The summed E-state index contributed by atoms with van der Waals surface area (Å²) in [5, 5.41) is 3.51. The molecule has 2 saturated heterocycles. The van der Waals surface area contributed by atoms with E-state index in [4.69, 9.17) is 4.99 Å². The zero-order valence-electron chi connectivity index (χ0n) is 18.2. The number of hydrogen-bond donors (Lipinski definition) is 1. The van der Waals surface area contributed by atoms with Crippen molar-refractivity contribution >= 4 is 23.4 Å². The minimum atomic E-state index is 0.437. The number of nitrogens with zero attached hydrogens (tertiary/aromatic N) is 5.